The number of carbonyl (C=O) groups is 2. The Morgan fingerprint density at radius 2 is 1.88 bits per heavy atom. The molecule has 4 N–H and O–H groups in total. The highest BCUT2D eigenvalue weighted by molar-refractivity contribution is 6.15. The highest BCUT2D eigenvalue weighted by Crippen LogP contribution is 2.35. The Labute approximate surface area is 142 Å². The molecule has 0 fully saturated rings. The first kappa shape index (κ1) is 20.3. The molecule has 10 heteroatoms. The van der Waals surface area contributed by atoms with Gasteiger partial charge >= 0.3 is 18.2 Å². The van der Waals surface area contributed by atoms with E-state index in [1.807, 2.05) is 0 Å². The summed E-state index contributed by atoms with van der Waals surface area (Å²) in [5, 5.41) is 9.94. The maximum absolute atomic E-state index is 12.5. The van der Waals surface area contributed by atoms with Crippen LogP contribution in [0.2, 0.25) is 0 Å². The highest BCUT2D eigenvalue weighted by atomic mass is 19.4. The normalized spacial score (nSPS) is 11.0. The van der Waals surface area contributed by atoms with E-state index < -0.39 is 24.1 Å². The van der Waals surface area contributed by atoms with Gasteiger partial charge in [-0.05, 0) is 24.5 Å². The van der Waals surface area contributed by atoms with Gasteiger partial charge in [0.25, 0.3) is 0 Å². The Hall–Kier alpha value is -2.78. The van der Waals surface area contributed by atoms with Crippen molar-refractivity contribution in [2.24, 2.45) is 5.73 Å². The van der Waals surface area contributed by atoms with Crippen molar-refractivity contribution < 1.29 is 27.5 Å². The number of urea groups is 1. The van der Waals surface area contributed by atoms with Crippen LogP contribution in [-0.2, 0) is 17.6 Å². The summed E-state index contributed by atoms with van der Waals surface area (Å²) < 4.78 is 41.9. The average molecular weight is 360 g/mol. The summed E-state index contributed by atoms with van der Waals surface area (Å²) in [5.74, 6) is -3.33. The van der Waals surface area contributed by atoms with E-state index in [4.69, 9.17) is 11.1 Å². The van der Waals surface area contributed by atoms with Crippen molar-refractivity contribution in [1.29, 1.82) is 5.41 Å². The van der Waals surface area contributed by atoms with Crippen molar-refractivity contribution >= 4 is 23.6 Å². The van der Waals surface area contributed by atoms with Gasteiger partial charge in [-0.2, -0.15) is 13.2 Å². The molecule has 0 unspecified atom stereocenters. The van der Waals surface area contributed by atoms with Gasteiger partial charge in [0, 0.05) is 12.6 Å². The summed E-state index contributed by atoms with van der Waals surface area (Å²) in [4.78, 5) is 24.1. The van der Waals surface area contributed by atoms with Crippen LogP contribution < -0.4 is 20.7 Å². The van der Waals surface area contributed by atoms with Crippen molar-refractivity contribution in [3.63, 3.8) is 0 Å². The Kier molecular flexibility index (Phi) is 6.37. The van der Waals surface area contributed by atoms with E-state index in [1.54, 1.807) is 13.8 Å². The Morgan fingerprint density at radius 1 is 1.28 bits per heavy atom. The van der Waals surface area contributed by atoms with Crippen LogP contribution in [-0.4, -0.2) is 31.2 Å². The SMILES string of the molecule is CCc1ccc(OC(=O)C(F)(F)F)c(CC)c1N(C(=N)N)C(=O)NC. The molecule has 0 heterocycles. The molecule has 1 rings (SSSR count). The van der Waals surface area contributed by atoms with Crippen LogP contribution in [0.15, 0.2) is 12.1 Å². The van der Waals surface area contributed by atoms with Gasteiger partial charge in [0.2, 0.25) is 5.96 Å². The third kappa shape index (κ3) is 4.40. The number of aryl methyl sites for hydroxylation is 1. The summed E-state index contributed by atoms with van der Waals surface area (Å²) in [6.07, 6.45) is -4.60. The van der Waals surface area contributed by atoms with Crippen LogP contribution in [0.1, 0.15) is 25.0 Å². The number of esters is 1. The quantitative estimate of drug-likeness (QED) is 0.331. The smallest absolute Gasteiger partial charge is 0.419 e. The van der Waals surface area contributed by atoms with Crippen LogP contribution >= 0.6 is 0 Å². The van der Waals surface area contributed by atoms with E-state index in [-0.39, 0.29) is 23.4 Å². The standard InChI is InChI=1S/C15H19F3N4O3/c1-4-8-6-7-10(25-12(23)15(16,17)18)9(5-2)11(8)22(13(19)20)14(24)21-3/h6-7H,4-5H2,1-3H3,(H3,19,20)(H,21,24). The van der Waals surface area contributed by atoms with Gasteiger partial charge in [0.15, 0.2) is 0 Å². The third-order valence-corrected chi connectivity index (χ3v) is 3.37. The number of alkyl halides is 3. The molecule has 0 radical (unpaired) electrons. The van der Waals surface area contributed by atoms with E-state index in [0.717, 1.165) is 4.90 Å². The molecule has 0 spiro atoms. The minimum absolute atomic E-state index is 0.129. The molecule has 0 aliphatic heterocycles. The molecule has 7 nitrogen and oxygen atoms in total. The number of anilines is 1. The number of amides is 2. The lowest BCUT2D eigenvalue weighted by Gasteiger charge is -2.26. The summed E-state index contributed by atoms with van der Waals surface area (Å²) in [6.45, 7) is 3.38. The predicted molar refractivity (Wildman–Crippen MR) is 85.7 cm³/mol. The van der Waals surface area contributed by atoms with Crippen molar-refractivity contribution in [3.05, 3.63) is 23.3 Å². The first-order chi connectivity index (χ1) is 11.6. The van der Waals surface area contributed by atoms with Crippen molar-refractivity contribution in [2.45, 2.75) is 32.9 Å². The second-order valence-electron chi connectivity index (χ2n) is 4.92. The van der Waals surface area contributed by atoms with E-state index in [2.05, 4.69) is 10.1 Å². The van der Waals surface area contributed by atoms with Gasteiger partial charge in [-0.3, -0.25) is 5.41 Å². The maximum Gasteiger partial charge on any atom is 0.491 e. The molecule has 138 valence electrons. The van der Waals surface area contributed by atoms with Crippen LogP contribution in [0, 0.1) is 5.41 Å². The number of benzene rings is 1. The topological polar surface area (TPSA) is 109 Å². The van der Waals surface area contributed by atoms with E-state index >= 15 is 0 Å². The van der Waals surface area contributed by atoms with Gasteiger partial charge in [-0.25, -0.2) is 14.5 Å². The number of nitrogens with zero attached hydrogens (tertiary/aromatic N) is 1. The van der Waals surface area contributed by atoms with Gasteiger partial charge in [0.1, 0.15) is 5.75 Å². The molecule has 1 aromatic carbocycles. The summed E-state index contributed by atoms with van der Waals surface area (Å²) in [7, 11) is 1.32. The number of carbonyl (C=O) groups excluding carboxylic acids is 2. The molecule has 0 saturated carbocycles. The minimum Gasteiger partial charge on any atom is -0.419 e. The molecule has 0 atom stereocenters. The zero-order valence-corrected chi connectivity index (χ0v) is 14.0. The van der Waals surface area contributed by atoms with Crippen LogP contribution in [0.25, 0.3) is 0 Å². The lowest BCUT2D eigenvalue weighted by atomic mass is 10.0. The Balaban J connectivity index is 3.59. The number of hydrogen-bond acceptors (Lipinski definition) is 4. The Morgan fingerprint density at radius 3 is 2.28 bits per heavy atom. The Bertz CT molecular complexity index is 689. The largest absolute Gasteiger partial charge is 0.491 e. The molecule has 1 aromatic rings. The molecule has 2 amide bonds. The minimum atomic E-state index is -5.16. The predicted octanol–water partition coefficient (Wildman–Crippen LogP) is 2.32. The van der Waals surface area contributed by atoms with Crippen LogP contribution in [0.4, 0.5) is 23.7 Å². The zero-order valence-electron chi connectivity index (χ0n) is 14.0. The second kappa shape index (κ2) is 7.86. The number of nitrogens with two attached hydrogens (primary N) is 1. The first-order valence-corrected chi connectivity index (χ1v) is 7.37. The fraction of sp³-hybridized carbons (Fsp3) is 0.400. The number of nitrogens with one attached hydrogen (secondary N) is 2. The van der Waals surface area contributed by atoms with Crippen molar-refractivity contribution in [1.82, 2.24) is 5.32 Å². The number of guanidine groups is 1. The van der Waals surface area contributed by atoms with E-state index in [0.29, 0.717) is 12.0 Å². The maximum atomic E-state index is 12.5. The molecule has 0 aromatic heterocycles. The molecular weight excluding hydrogens is 341 g/mol. The fourth-order valence-corrected chi connectivity index (χ4v) is 2.27. The van der Waals surface area contributed by atoms with Gasteiger partial charge in [0.05, 0.1) is 5.69 Å². The number of hydrogen-bond donors (Lipinski definition) is 3. The highest BCUT2D eigenvalue weighted by Gasteiger charge is 2.42. The second-order valence-corrected chi connectivity index (χ2v) is 4.92. The molecule has 0 saturated heterocycles. The van der Waals surface area contributed by atoms with Gasteiger partial charge < -0.3 is 15.8 Å². The number of rotatable bonds is 4. The number of ether oxygens (including phenoxy) is 1. The van der Waals surface area contributed by atoms with Crippen molar-refractivity contribution in [2.75, 3.05) is 11.9 Å². The summed E-state index contributed by atoms with van der Waals surface area (Å²) in [6, 6.07) is 1.91. The fourth-order valence-electron chi connectivity index (χ4n) is 2.27. The molecular formula is C15H19F3N4O3. The van der Waals surface area contributed by atoms with Crippen LogP contribution in [0.5, 0.6) is 5.75 Å². The van der Waals surface area contributed by atoms with Crippen LogP contribution in [0.3, 0.4) is 0 Å². The number of halogens is 3. The lowest BCUT2D eigenvalue weighted by molar-refractivity contribution is -0.189. The van der Waals surface area contributed by atoms with E-state index in [1.165, 1.54) is 19.2 Å². The van der Waals surface area contributed by atoms with Gasteiger partial charge in [-0.1, -0.05) is 19.9 Å². The average Bonchev–Trinajstić information content (AvgIpc) is 2.53. The lowest BCUT2D eigenvalue weighted by Crippen LogP contribution is -2.47. The molecule has 25 heavy (non-hydrogen) atoms. The van der Waals surface area contributed by atoms with E-state index in [9.17, 15) is 22.8 Å². The summed E-state index contributed by atoms with van der Waals surface area (Å²) in [5.41, 5.74) is 6.32. The summed E-state index contributed by atoms with van der Waals surface area (Å²) >= 11 is 0. The van der Waals surface area contributed by atoms with Gasteiger partial charge in [-0.15, -0.1) is 0 Å². The molecule has 0 bridgehead atoms. The molecule has 0 aliphatic rings. The molecule has 0 aliphatic carbocycles. The third-order valence-electron chi connectivity index (χ3n) is 3.37. The zero-order chi connectivity index (χ0) is 19.4. The monoisotopic (exact) mass is 360 g/mol. The first-order valence-electron chi connectivity index (χ1n) is 7.37. The van der Waals surface area contributed by atoms with Crippen molar-refractivity contribution in [3.8, 4) is 5.75 Å².